The van der Waals surface area contributed by atoms with E-state index >= 15 is 0 Å². The average molecular weight is 354 g/mol. The van der Waals surface area contributed by atoms with Gasteiger partial charge >= 0.3 is 0 Å². The Hall–Kier alpha value is -1.14. The Balaban J connectivity index is 1.85. The summed E-state index contributed by atoms with van der Waals surface area (Å²) in [5, 5.41) is 3.21. The Bertz CT molecular complexity index is 450. The molecule has 0 aliphatic carbocycles. The molecule has 6 nitrogen and oxygen atoms in total. The van der Waals surface area contributed by atoms with E-state index < -0.39 is 0 Å². The molecule has 0 bridgehead atoms. The molecule has 0 aromatic carbocycles. The molecule has 144 valence electrons. The molecule has 2 amide bonds. The lowest BCUT2D eigenvalue weighted by molar-refractivity contribution is -0.137. The molecule has 0 aromatic heterocycles. The fourth-order valence-corrected chi connectivity index (χ4v) is 3.84. The summed E-state index contributed by atoms with van der Waals surface area (Å²) in [6.45, 7) is 11.0. The standard InChI is InChI=1S/C19H34N2O4/c1-5-19(6-2,7-3)18(23)20-16-11-21(10-14(16)4)17(22)13-25-15-8-9-24-12-15/h14-16H,5-13H2,1-4H3,(H,20,23)/t14-,15?,16-/m1/s1. The van der Waals surface area contributed by atoms with Crippen LogP contribution >= 0.6 is 0 Å². The molecule has 6 heteroatoms. The number of rotatable bonds is 8. The minimum absolute atomic E-state index is 0.00300. The molecule has 2 fully saturated rings. The maximum Gasteiger partial charge on any atom is 0.248 e. The molecule has 0 saturated carbocycles. The number of likely N-dealkylation sites (tertiary alicyclic amines) is 1. The minimum atomic E-state index is -0.289. The van der Waals surface area contributed by atoms with E-state index in [4.69, 9.17) is 9.47 Å². The zero-order valence-electron chi connectivity index (χ0n) is 16.2. The SMILES string of the molecule is CCC(CC)(CC)C(=O)N[C@@H]1CN(C(=O)COC2CCOC2)C[C@H]1C. The molecule has 1 unspecified atom stereocenters. The van der Waals surface area contributed by atoms with Crippen molar-refractivity contribution in [2.24, 2.45) is 11.3 Å². The van der Waals surface area contributed by atoms with Gasteiger partial charge in [-0.25, -0.2) is 0 Å². The third-order valence-corrected chi connectivity index (χ3v) is 6.12. The second kappa shape index (κ2) is 8.99. The van der Waals surface area contributed by atoms with Crippen LogP contribution in [0.5, 0.6) is 0 Å². The first-order valence-corrected chi connectivity index (χ1v) is 9.73. The van der Waals surface area contributed by atoms with E-state index in [0.29, 0.717) is 26.3 Å². The molecule has 1 N–H and O–H groups in total. The first-order valence-electron chi connectivity index (χ1n) is 9.73. The van der Waals surface area contributed by atoms with Crippen LogP contribution in [0.15, 0.2) is 0 Å². The molecule has 2 saturated heterocycles. The van der Waals surface area contributed by atoms with Gasteiger partial charge in [0.1, 0.15) is 6.61 Å². The maximum atomic E-state index is 12.8. The van der Waals surface area contributed by atoms with Crippen molar-refractivity contribution in [2.45, 2.75) is 65.5 Å². The van der Waals surface area contributed by atoms with Crippen molar-refractivity contribution in [1.29, 1.82) is 0 Å². The second-order valence-corrected chi connectivity index (χ2v) is 7.49. The number of nitrogens with zero attached hydrogens (tertiary/aromatic N) is 1. The van der Waals surface area contributed by atoms with Crippen LogP contribution in [0.1, 0.15) is 53.4 Å². The maximum absolute atomic E-state index is 12.8. The van der Waals surface area contributed by atoms with Crippen molar-refractivity contribution >= 4 is 11.8 Å². The number of carbonyl (C=O) groups is 2. The number of ether oxygens (including phenoxy) is 2. The molecule has 2 heterocycles. The Morgan fingerprint density at radius 2 is 1.88 bits per heavy atom. The van der Waals surface area contributed by atoms with Crippen molar-refractivity contribution in [2.75, 3.05) is 32.9 Å². The first kappa shape index (κ1) is 20.2. The van der Waals surface area contributed by atoms with Crippen LogP contribution in [-0.4, -0.2) is 61.8 Å². The molecule has 3 atom stereocenters. The van der Waals surface area contributed by atoms with E-state index in [-0.39, 0.29) is 41.9 Å². The molecule has 0 aromatic rings. The lowest BCUT2D eigenvalue weighted by Gasteiger charge is -2.31. The highest BCUT2D eigenvalue weighted by atomic mass is 16.5. The molecule has 0 spiro atoms. The summed E-state index contributed by atoms with van der Waals surface area (Å²) in [6.07, 6.45) is 3.42. The number of carbonyl (C=O) groups excluding carboxylic acids is 2. The lowest BCUT2D eigenvalue weighted by atomic mass is 9.78. The monoisotopic (exact) mass is 354 g/mol. The Kier molecular flexibility index (Phi) is 7.25. The predicted molar refractivity (Wildman–Crippen MR) is 96.2 cm³/mol. The summed E-state index contributed by atoms with van der Waals surface area (Å²) in [4.78, 5) is 27.0. The summed E-state index contributed by atoms with van der Waals surface area (Å²) < 4.78 is 10.9. The quantitative estimate of drug-likeness (QED) is 0.724. The van der Waals surface area contributed by atoms with Gasteiger partial charge < -0.3 is 19.7 Å². The second-order valence-electron chi connectivity index (χ2n) is 7.49. The van der Waals surface area contributed by atoms with Crippen molar-refractivity contribution in [1.82, 2.24) is 10.2 Å². The third-order valence-electron chi connectivity index (χ3n) is 6.12. The predicted octanol–water partition coefficient (Wildman–Crippen LogP) is 1.97. The van der Waals surface area contributed by atoms with E-state index in [1.165, 1.54) is 0 Å². The van der Waals surface area contributed by atoms with Crippen LogP contribution in [0.2, 0.25) is 0 Å². The van der Waals surface area contributed by atoms with Crippen LogP contribution in [-0.2, 0) is 19.1 Å². The van der Waals surface area contributed by atoms with Crippen LogP contribution in [0.3, 0.4) is 0 Å². The van der Waals surface area contributed by atoms with Crippen molar-refractivity contribution in [3.8, 4) is 0 Å². The van der Waals surface area contributed by atoms with Crippen LogP contribution in [0.25, 0.3) is 0 Å². The van der Waals surface area contributed by atoms with Gasteiger partial charge in [0.05, 0.1) is 18.8 Å². The van der Waals surface area contributed by atoms with Gasteiger partial charge in [-0.2, -0.15) is 0 Å². The lowest BCUT2D eigenvalue weighted by Crippen LogP contribution is -2.48. The van der Waals surface area contributed by atoms with Gasteiger partial charge in [0.15, 0.2) is 0 Å². The normalized spacial score (nSPS) is 26.9. The summed E-state index contributed by atoms with van der Waals surface area (Å²) in [6, 6.07) is 0.0234. The zero-order valence-corrected chi connectivity index (χ0v) is 16.2. The van der Waals surface area contributed by atoms with E-state index in [9.17, 15) is 9.59 Å². The van der Waals surface area contributed by atoms with Crippen LogP contribution in [0, 0.1) is 11.3 Å². The zero-order chi connectivity index (χ0) is 18.4. The summed E-state index contributed by atoms with van der Waals surface area (Å²) >= 11 is 0. The molecule has 2 rings (SSSR count). The van der Waals surface area contributed by atoms with Gasteiger partial charge in [0.25, 0.3) is 0 Å². The Morgan fingerprint density at radius 3 is 2.44 bits per heavy atom. The third kappa shape index (κ3) is 4.73. The first-order chi connectivity index (χ1) is 12.0. The van der Waals surface area contributed by atoms with E-state index in [0.717, 1.165) is 25.7 Å². The molecule has 2 aliphatic heterocycles. The van der Waals surface area contributed by atoms with Gasteiger partial charge in [-0.1, -0.05) is 27.7 Å². The van der Waals surface area contributed by atoms with Crippen LogP contribution in [0.4, 0.5) is 0 Å². The average Bonchev–Trinajstić information content (AvgIpc) is 3.25. The van der Waals surface area contributed by atoms with Gasteiger partial charge in [-0.15, -0.1) is 0 Å². The Morgan fingerprint density at radius 1 is 1.20 bits per heavy atom. The number of amides is 2. The number of hydrogen-bond acceptors (Lipinski definition) is 4. The number of hydrogen-bond donors (Lipinski definition) is 1. The molecule has 25 heavy (non-hydrogen) atoms. The Labute approximate surface area is 151 Å². The highest BCUT2D eigenvalue weighted by Gasteiger charge is 2.38. The topological polar surface area (TPSA) is 67.9 Å². The van der Waals surface area contributed by atoms with E-state index in [1.54, 1.807) is 0 Å². The van der Waals surface area contributed by atoms with Gasteiger partial charge in [0.2, 0.25) is 11.8 Å². The van der Waals surface area contributed by atoms with Crippen molar-refractivity contribution in [3.05, 3.63) is 0 Å². The molecular weight excluding hydrogens is 320 g/mol. The highest BCUT2D eigenvalue weighted by molar-refractivity contribution is 5.83. The summed E-state index contributed by atoms with van der Waals surface area (Å²) in [7, 11) is 0. The fraction of sp³-hybridized carbons (Fsp3) is 0.895. The van der Waals surface area contributed by atoms with E-state index in [2.05, 4.69) is 33.0 Å². The fourth-order valence-electron chi connectivity index (χ4n) is 3.84. The minimum Gasteiger partial charge on any atom is -0.379 e. The molecule has 2 aliphatic rings. The molecule has 0 radical (unpaired) electrons. The highest BCUT2D eigenvalue weighted by Crippen LogP contribution is 2.31. The van der Waals surface area contributed by atoms with E-state index in [1.807, 2.05) is 4.90 Å². The largest absolute Gasteiger partial charge is 0.379 e. The van der Waals surface area contributed by atoms with Gasteiger partial charge in [0, 0.05) is 25.1 Å². The van der Waals surface area contributed by atoms with Crippen molar-refractivity contribution < 1.29 is 19.1 Å². The van der Waals surface area contributed by atoms with Gasteiger partial charge in [-0.3, -0.25) is 9.59 Å². The summed E-state index contributed by atoms with van der Waals surface area (Å²) in [5.74, 6) is 0.389. The van der Waals surface area contributed by atoms with Crippen LogP contribution < -0.4 is 5.32 Å². The van der Waals surface area contributed by atoms with Crippen molar-refractivity contribution in [3.63, 3.8) is 0 Å². The number of nitrogens with one attached hydrogen (secondary N) is 1. The molecular formula is C19H34N2O4. The van der Waals surface area contributed by atoms with Gasteiger partial charge in [-0.05, 0) is 31.6 Å². The smallest absolute Gasteiger partial charge is 0.248 e. The summed E-state index contributed by atoms with van der Waals surface area (Å²) in [5.41, 5.74) is -0.289.